The SMILES string of the molecule is Cc1ccc(CCCCCCCCC2CCC(=O)N2CC=Cc2ccc(C(=O)O)s2)cc1O. The van der Waals surface area contributed by atoms with E-state index in [1.165, 1.54) is 42.6 Å². The number of aromatic hydroxyl groups is 1. The van der Waals surface area contributed by atoms with Crippen LogP contribution in [0.4, 0.5) is 0 Å². The van der Waals surface area contributed by atoms with Gasteiger partial charge in [0.25, 0.3) is 0 Å². The van der Waals surface area contributed by atoms with E-state index in [1.54, 1.807) is 12.1 Å². The number of nitrogens with zero attached hydrogens (tertiary/aromatic N) is 1. The second kappa shape index (κ2) is 12.6. The number of unbranched alkanes of at least 4 members (excludes halogenated alkanes) is 5. The van der Waals surface area contributed by atoms with Gasteiger partial charge in [-0.05, 0) is 68.0 Å². The molecule has 0 radical (unpaired) electrons. The molecule has 1 aliphatic rings. The van der Waals surface area contributed by atoms with E-state index in [4.69, 9.17) is 5.11 Å². The monoisotopic (exact) mass is 469 g/mol. The van der Waals surface area contributed by atoms with Crippen LogP contribution < -0.4 is 0 Å². The Labute approximate surface area is 200 Å². The fraction of sp³-hybridized carbons (Fsp3) is 0.481. The van der Waals surface area contributed by atoms with Gasteiger partial charge in [0, 0.05) is 23.9 Å². The van der Waals surface area contributed by atoms with Crippen molar-refractivity contribution in [2.45, 2.75) is 77.2 Å². The number of aryl methyl sites for hydroxylation is 2. The molecule has 178 valence electrons. The topological polar surface area (TPSA) is 77.8 Å². The fourth-order valence-electron chi connectivity index (χ4n) is 4.41. The van der Waals surface area contributed by atoms with Crippen LogP contribution in [0.15, 0.2) is 36.4 Å². The summed E-state index contributed by atoms with van der Waals surface area (Å²) < 4.78 is 0. The quantitative estimate of drug-likeness (QED) is 0.331. The number of hydrogen-bond acceptors (Lipinski definition) is 4. The van der Waals surface area contributed by atoms with Gasteiger partial charge >= 0.3 is 5.97 Å². The molecule has 5 nitrogen and oxygen atoms in total. The third kappa shape index (κ3) is 7.74. The minimum absolute atomic E-state index is 0.226. The summed E-state index contributed by atoms with van der Waals surface area (Å²) in [5.74, 6) is -0.286. The Morgan fingerprint density at radius 3 is 2.61 bits per heavy atom. The first-order valence-corrected chi connectivity index (χ1v) is 12.8. The number of benzene rings is 1. The predicted molar refractivity (Wildman–Crippen MR) is 134 cm³/mol. The minimum Gasteiger partial charge on any atom is -0.508 e. The maximum atomic E-state index is 12.3. The summed E-state index contributed by atoms with van der Waals surface area (Å²) in [6, 6.07) is 9.71. The van der Waals surface area contributed by atoms with Crippen molar-refractivity contribution in [3.05, 3.63) is 57.3 Å². The highest BCUT2D eigenvalue weighted by atomic mass is 32.1. The number of likely N-dealkylation sites (tertiary alicyclic amines) is 1. The lowest BCUT2D eigenvalue weighted by Crippen LogP contribution is -2.33. The summed E-state index contributed by atoms with van der Waals surface area (Å²) in [6.07, 6.45) is 14.7. The molecule has 2 aromatic rings. The number of carboxylic acids is 1. The summed E-state index contributed by atoms with van der Waals surface area (Å²) in [6.45, 7) is 2.51. The van der Waals surface area contributed by atoms with Crippen LogP contribution in [-0.2, 0) is 11.2 Å². The lowest BCUT2D eigenvalue weighted by atomic mass is 10.0. The van der Waals surface area contributed by atoms with Crippen molar-refractivity contribution in [3.8, 4) is 5.75 Å². The molecule has 1 aliphatic heterocycles. The van der Waals surface area contributed by atoms with Gasteiger partial charge < -0.3 is 15.1 Å². The maximum absolute atomic E-state index is 12.3. The Morgan fingerprint density at radius 1 is 1.12 bits per heavy atom. The van der Waals surface area contributed by atoms with Gasteiger partial charge in [-0.15, -0.1) is 11.3 Å². The van der Waals surface area contributed by atoms with Crippen molar-refractivity contribution in [2.75, 3.05) is 6.54 Å². The molecule has 3 rings (SSSR count). The van der Waals surface area contributed by atoms with E-state index in [0.29, 0.717) is 29.6 Å². The second-order valence-electron chi connectivity index (χ2n) is 8.93. The Balaban J connectivity index is 1.29. The average Bonchev–Trinajstić information content (AvgIpc) is 3.40. The van der Waals surface area contributed by atoms with Crippen LogP contribution in [-0.4, -0.2) is 39.6 Å². The molecule has 2 heterocycles. The van der Waals surface area contributed by atoms with Crippen molar-refractivity contribution in [1.82, 2.24) is 4.90 Å². The highest BCUT2D eigenvalue weighted by Crippen LogP contribution is 2.25. The van der Waals surface area contributed by atoms with Crippen LogP contribution in [0.2, 0.25) is 0 Å². The standard InChI is InChI=1S/C27H35NO4S/c1-20-12-13-21(19-24(20)29)9-6-4-2-3-5-7-10-22-14-17-26(30)28(22)18-8-11-23-15-16-25(33-23)27(31)32/h8,11-13,15-16,19,22,29H,2-7,9-10,14,17-18H2,1H3,(H,31,32). The average molecular weight is 470 g/mol. The van der Waals surface area contributed by atoms with Crippen LogP contribution in [0.3, 0.4) is 0 Å². The van der Waals surface area contributed by atoms with E-state index in [9.17, 15) is 14.7 Å². The molecule has 2 N–H and O–H groups in total. The van der Waals surface area contributed by atoms with Gasteiger partial charge in [-0.1, -0.05) is 50.3 Å². The van der Waals surface area contributed by atoms with Gasteiger partial charge in [-0.3, -0.25) is 4.79 Å². The smallest absolute Gasteiger partial charge is 0.345 e. The molecule has 6 heteroatoms. The number of rotatable bonds is 13. The molecular weight excluding hydrogens is 434 g/mol. The van der Waals surface area contributed by atoms with Crippen molar-refractivity contribution in [2.24, 2.45) is 0 Å². The van der Waals surface area contributed by atoms with Crippen LogP contribution in [0, 0.1) is 6.92 Å². The molecule has 1 fully saturated rings. The molecule has 1 saturated heterocycles. The Kier molecular flexibility index (Phi) is 9.55. The van der Waals surface area contributed by atoms with Gasteiger partial charge in [-0.25, -0.2) is 4.79 Å². The normalized spacial score (nSPS) is 16.2. The lowest BCUT2D eigenvalue weighted by Gasteiger charge is -2.23. The number of carbonyl (C=O) groups is 2. The van der Waals surface area contributed by atoms with Gasteiger partial charge in [0.15, 0.2) is 0 Å². The number of amides is 1. The van der Waals surface area contributed by atoms with E-state index in [-0.39, 0.29) is 5.91 Å². The molecule has 1 aromatic heterocycles. The van der Waals surface area contributed by atoms with Gasteiger partial charge in [0.05, 0.1) is 0 Å². The summed E-state index contributed by atoms with van der Waals surface area (Å²) in [5.41, 5.74) is 2.13. The Hall–Kier alpha value is -2.60. The zero-order chi connectivity index (χ0) is 23.6. The van der Waals surface area contributed by atoms with E-state index >= 15 is 0 Å². The fourth-order valence-corrected chi connectivity index (χ4v) is 5.19. The molecule has 1 atom stereocenters. The van der Waals surface area contributed by atoms with E-state index < -0.39 is 5.97 Å². The molecule has 1 unspecified atom stereocenters. The first-order valence-electron chi connectivity index (χ1n) is 12.0. The number of phenolic OH excluding ortho intramolecular Hbond substituents is 1. The summed E-state index contributed by atoms with van der Waals surface area (Å²) >= 11 is 1.25. The number of hydrogen-bond donors (Lipinski definition) is 2. The highest BCUT2D eigenvalue weighted by Gasteiger charge is 2.29. The number of carboxylic acid groups (broad SMARTS) is 1. The van der Waals surface area contributed by atoms with E-state index in [0.717, 1.165) is 42.5 Å². The molecule has 0 bridgehead atoms. The van der Waals surface area contributed by atoms with E-state index in [2.05, 4.69) is 6.07 Å². The third-order valence-corrected chi connectivity index (χ3v) is 7.44. The first kappa shape index (κ1) is 25.0. The molecule has 1 aromatic carbocycles. The summed E-state index contributed by atoms with van der Waals surface area (Å²) in [5, 5.41) is 18.8. The zero-order valence-corrected chi connectivity index (χ0v) is 20.3. The molecule has 1 amide bonds. The molecular formula is C27H35NO4S. The zero-order valence-electron chi connectivity index (χ0n) is 19.5. The number of phenols is 1. The number of carbonyl (C=O) groups excluding carboxylic acids is 1. The Bertz CT molecular complexity index is 965. The van der Waals surface area contributed by atoms with Crippen molar-refractivity contribution in [1.29, 1.82) is 0 Å². The summed E-state index contributed by atoms with van der Waals surface area (Å²) in [7, 11) is 0. The van der Waals surface area contributed by atoms with Gasteiger partial charge in [-0.2, -0.15) is 0 Å². The first-order chi connectivity index (χ1) is 15.9. The van der Waals surface area contributed by atoms with Gasteiger partial charge in [0.1, 0.15) is 10.6 Å². The predicted octanol–water partition coefficient (Wildman–Crippen LogP) is 6.44. The Morgan fingerprint density at radius 2 is 1.88 bits per heavy atom. The molecule has 0 saturated carbocycles. The minimum atomic E-state index is -0.902. The van der Waals surface area contributed by atoms with E-state index in [1.807, 2.05) is 36.1 Å². The van der Waals surface area contributed by atoms with Crippen LogP contribution >= 0.6 is 11.3 Å². The summed E-state index contributed by atoms with van der Waals surface area (Å²) in [4.78, 5) is 26.5. The molecule has 0 spiro atoms. The molecule has 0 aliphatic carbocycles. The number of thiophene rings is 1. The van der Waals surface area contributed by atoms with Crippen LogP contribution in [0.25, 0.3) is 6.08 Å². The number of aromatic carboxylic acids is 1. The van der Waals surface area contributed by atoms with Crippen molar-refractivity contribution < 1.29 is 19.8 Å². The van der Waals surface area contributed by atoms with Gasteiger partial charge in [0.2, 0.25) is 5.91 Å². The van der Waals surface area contributed by atoms with Crippen LogP contribution in [0.1, 0.15) is 83.5 Å². The van der Waals surface area contributed by atoms with Crippen LogP contribution in [0.5, 0.6) is 5.75 Å². The lowest BCUT2D eigenvalue weighted by molar-refractivity contribution is -0.128. The third-order valence-electron chi connectivity index (χ3n) is 6.40. The van der Waals surface area contributed by atoms with Crippen molar-refractivity contribution in [3.63, 3.8) is 0 Å². The maximum Gasteiger partial charge on any atom is 0.345 e. The van der Waals surface area contributed by atoms with Crippen molar-refractivity contribution >= 4 is 29.3 Å². The molecule has 33 heavy (non-hydrogen) atoms. The second-order valence-corrected chi connectivity index (χ2v) is 10.0. The largest absolute Gasteiger partial charge is 0.508 e. The highest BCUT2D eigenvalue weighted by molar-refractivity contribution is 7.14.